The van der Waals surface area contributed by atoms with Crippen molar-refractivity contribution in [2.24, 2.45) is 0 Å². The Bertz CT molecular complexity index is 479. The third-order valence-corrected chi connectivity index (χ3v) is 2.13. The molecular formula is C8H10N4OS. The number of fused-ring (bicyclic) bond motifs is 1. The van der Waals surface area contributed by atoms with Gasteiger partial charge in [0.2, 0.25) is 0 Å². The standard InChI is InChI=1S/C8H10N4OS/c1-4-3-6(14)12-8(9-4)10-7(11-12)5(2)13/h3,5,13-14H,1-2H3. The van der Waals surface area contributed by atoms with Crippen LogP contribution in [0.15, 0.2) is 11.1 Å². The normalized spacial score (nSPS) is 13.4. The molecule has 2 rings (SSSR count). The van der Waals surface area contributed by atoms with Gasteiger partial charge >= 0.3 is 0 Å². The van der Waals surface area contributed by atoms with Crippen molar-refractivity contribution < 1.29 is 5.11 Å². The Labute approximate surface area is 86.2 Å². The molecule has 0 aromatic carbocycles. The Morgan fingerprint density at radius 1 is 1.50 bits per heavy atom. The number of aliphatic hydroxyl groups is 1. The number of nitrogens with zero attached hydrogens (tertiary/aromatic N) is 4. The number of rotatable bonds is 1. The number of hydrogen-bond donors (Lipinski definition) is 2. The van der Waals surface area contributed by atoms with Gasteiger partial charge in [-0.25, -0.2) is 4.98 Å². The summed E-state index contributed by atoms with van der Waals surface area (Å²) >= 11 is 4.24. The molecular weight excluding hydrogens is 200 g/mol. The predicted octanol–water partition coefficient (Wildman–Crippen LogP) is 0.775. The first-order valence-electron chi connectivity index (χ1n) is 4.19. The summed E-state index contributed by atoms with van der Waals surface area (Å²) in [7, 11) is 0. The monoisotopic (exact) mass is 210 g/mol. The molecule has 0 spiro atoms. The summed E-state index contributed by atoms with van der Waals surface area (Å²) in [6, 6.07) is 1.79. The number of aryl methyl sites for hydroxylation is 1. The Kier molecular flexibility index (Phi) is 2.16. The predicted molar refractivity (Wildman–Crippen MR) is 53.4 cm³/mol. The first-order valence-corrected chi connectivity index (χ1v) is 4.64. The zero-order chi connectivity index (χ0) is 10.3. The number of aliphatic hydroxyl groups excluding tert-OH is 1. The van der Waals surface area contributed by atoms with E-state index in [-0.39, 0.29) is 0 Å². The largest absolute Gasteiger partial charge is 0.385 e. The molecule has 0 amide bonds. The molecule has 2 aromatic rings. The second-order valence-electron chi connectivity index (χ2n) is 3.11. The van der Waals surface area contributed by atoms with Crippen molar-refractivity contribution in [1.29, 1.82) is 0 Å². The third kappa shape index (κ3) is 1.46. The van der Waals surface area contributed by atoms with Crippen LogP contribution in [0.25, 0.3) is 5.78 Å². The first kappa shape index (κ1) is 9.42. The maximum Gasteiger partial charge on any atom is 0.253 e. The van der Waals surface area contributed by atoms with Crippen molar-refractivity contribution in [2.75, 3.05) is 0 Å². The van der Waals surface area contributed by atoms with Crippen LogP contribution in [0.5, 0.6) is 0 Å². The molecule has 5 nitrogen and oxygen atoms in total. The van der Waals surface area contributed by atoms with Crippen LogP contribution in [-0.4, -0.2) is 24.7 Å². The van der Waals surface area contributed by atoms with Crippen LogP contribution in [0.4, 0.5) is 0 Å². The quantitative estimate of drug-likeness (QED) is 0.539. The van der Waals surface area contributed by atoms with E-state index in [9.17, 15) is 5.11 Å². The summed E-state index contributed by atoms with van der Waals surface area (Å²) in [5.41, 5.74) is 0.826. The third-order valence-electron chi connectivity index (χ3n) is 1.81. The van der Waals surface area contributed by atoms with E-state index < -0.39 is 6.10 Å². The van der Waals surface area contributed by atoms with E-state index in [0.29, 0.717) is 16.6 Å². The van der Waals surface area contributed by atoms with Crippen molar-refractivity contribution >= 4 is 18.4 Å². The van der Waals surface area contributed by atoms with Crippen molar-refractivity contribution in [3.05, 3.63) is 17.6 Å². The van der Waals surface area contributed by atoms with Gasteiger partial charge in [-0.05, 0) is 19.9 Å². The molecule has 2 heterocycles. The second-order valence-corrected chi connectivity index (χ2v) is 3.57. The Balaban J connectivity index is 2.70. The maximum absolute atomic E-state index is 9.29. The summed E-state index contributed by atoms with van der Waals surface area (Å²) in [5, 5.41) is 14.0. The first-order chi connectivity index (χ1) is 6.58. The van der Waals surface area contributed by atoms with E-state index in [1.165, 1.54) is 4.52 Å². The minimum Gasteiger partial charge on any atom is -0.385 e. The van der Waals surface area contributed by atoms with Crippen molar-refractivity contribution in [3.63, 3.8) is 0 Å². The van der Waals surface area contributed by atoms with E-state index in [1.54, 1.807) is 13.0 Å². The van der Waals surface area contributed by atoms with E-state index in [4.69, 9.17) is 0 Å². The second kappa shape index (κ2) is 3.21. The molecule has 0 saturated carbocycles. The fraction of sp³-hybridized carbons (Fsp3) is 0.375. The minimum absolute atomic E-state index is 0.360. The van der Waals surface area contributed by atoms with Crippen molar-refractivity contribution in [2.45, 2.75) is 25.0 Å². The topological polar surface area (TPSA) is 63.3 Å². The van der Waals surface area contributed by atoms with Gasteiger partial charge < -0.3 is 5.11 Å². The van der Waals surface area contributed by atoms with E-state index >= 15 is 0 Å². The lowest BCUT2D eigenvalue weighted by atomic mass is 10.4. The molecule has 0 bridgehead atoms. The molecule has 74 valence electrons. The lowest BCUT2D eigenvalue weighted by Gasteiger charge is -1.96. The van der Waals surface area contributed by atoms with Crippen molar-refractivity contribution in [1.82, 2.24) is 19.6 Å². The highest BCUT2D eigenvalue weighted by molar-refractivity contribution is 7.80. The molecule has 0 aliphatic heterocycles. The van der Waals surface area contributed by atoms with Crippen LogP contribution in [0.1, 0.15) is 24.5 Å². The molecule has 0 fully saturated rings. The molecule has 0 radical (unpaired) electrons. The summed E-state index contributed by atoms with van der Waals surface area (Å²) in [6.07, 6.45) is -0.690. The SMILES string of the molecule is Cc1cc(S)n2nc(C(C)O)nc2n1. The van der Waals surface area contributed by atoms with E-state index in [2.05, 4.69) is 27.7 Å². The van der Waals surface area contributed by atoms with Crippen LogP contribution in [0.2, 0.25) is 0 Å². The Morgan fingerprint density at radius 2 is 2.21 bits per heavy atom. The fourth-order valence-electron chi connectivity index (χ4n) is 1.16. The van der Waals surface area contributed by atoms with Gasteiger partial charge in [0.05, 0.1) is 0 Å². The molecule has 1 atom stereocenters. The van der Waals surface area contributed by atoms with Gasteiger partial charge in [-0.2, -0.15) is 9.50 Å². The highest BCUT2D eigenvalue weighted by Gasteiger charge is 2.11. The molecule has 1 N–H and O–H groups in total. The van der Waals surface area contributed by atoms with E-state index in [0.717, 1.165) is 5.69 Å². The molecule has 0 aliphatic rings. The lowest BCUT2D eigenvalue weighted by molar-refractivity contribution is 0.189. The Morgan fingerprint density at radius 3 is 2.86 bits per heavy atom. The summed E-state index contributed by atoms with van der Waals surface area (Å²) in [4.78, 5) is 8.24. The van der Waals surface area contributed by atoms with E-state index in [1.807, 2.05) is 6.92 Å². The molecule has 0 saturated heterocycles. The highest BCUT2D eigenvalue weighted by atomic mass is 32.1. The Hall–Kier alpha value is -1.14. The van der Waals surface area contributed by atoms with Gasteiger partial charge in [0.1, 0.15) is 11.1 Å². The number of thiol groups is 1. The molecule has 6 heteroatoms. The molecule has 0 aliphatic carbocycles. The van der Waals surface area contributed by atoms with Gasteiger partial charge in [0.15, 0.2) is 5.82 Å². The zero-order valence-corrected chi connectivity index (χ0v) is 8.73. The van der Waals surface area contributed by atoms with Crippen LogP contribution >= 0.6 is 12.6 Å². The summed E-state index contributed by atoms with van der Waals surface area (Å²) < 4.78 is 1.50. The van der Waals surface area contributed by atoms with Crippen LogP contribution in [0.3, 0.4) is 0 Å². The van der Waals surface area contributed by atoms with Crippen LogP contribution in [-0.2, 0) is 0 Å². The smallest absolute Gasteiger partial charge is 0.253 e. The van der Waals surface area contributed by atoms with Crippen molar-refractivity contribution in [3.8, 4) is 0 Å². The zero-order valence-electron chi connectivity index (χ0n) is 7.84. The van der Waals surface area contributed by atoms with Gasteiger partial charge in [0.25, 0.3) is 5.78 Å². The summed E-state index contributed by atoms with van der Waals surface area (Å²) in [6.45, 7) is 3.47. The van der Waals surface area contributed by atoms with Gasteiger partial charge in [-0.1, -0.05) is 0 Å². The van der Waals surface area contributed by atoms with Gasteiger partial charge in [-0.3, -0.25) is 0 Å². The maximum atomic E-state index is 9.29. The minimum atomic E-state index is -0.690. The number of hydrogen-bond acceptors (Lipinski definition) is 5. The van der Waals surface area contributed by atoms with Crippen LogP contribution in [0, 0.1) is 6.92 Å². The fourth-order valence-corrected chi connectivity index (χ4v) is 1.48. The average molecular weight is 210 g/mol. The van der Waals surface area contributed by atoms with Crippen LogP contribution < -0.4 is 0 Å². The molecule has 2 aromatic heterocycles. The van der Waals surface area contributed by atoms with Gasteiger partial charge in [-0.15, -0.1) is 17.7 Å². The lowest BCUT2D eigenvalue weighted by Crippen LogP contribution is -1.96. The molecule has 14 heavy (non-hydrogen) atoms. The highest BCUT2D eigenvalue weighted by Crippen LogP contribution is 2.12. The summed E-state index contributed by atoms with van der Waals surface area (Å²) in [5.74, 6) is 0.823. The molecule has 1 unspecified atom stereocenters. The average Bonchev–Trinajstić information content (AvgIpc) is 2.47. The van der Waals surface area contributed by atoms with Gasteiger partial charge in [0, 0.05) is 5.69 Å². The number of aromatic nitrogens is 4.